The van der Waals surface area contributed by atoms with E-state index in [-0.39, 0.29) is 12.4 Å². The summed E-state index contributed by atoms with van der Waals surface area (Å²) in [6, 6.07) is 12.9. The molecule has 0 spiro atoms. The van der Waals surface area contributed by atoms with E-state index in [1.807, 2.05) is 0 Å². The first-order valence-corrected chi connectivity index (χ1v) is 6.27. The lowest BCUT2D eigenvalue weighted by atomic mass is 10.2. The van der Waals surface area contributed by atoms with Gasteiger partial charge in [0.15, 0.2) is 6.61 Å². The Morgan fingerprint density at radius 2 is 1.90 bits per heavy atom. The number of nitrogens with two attached hydrogens (primary N) is 1. The van der Waals surface area contributed by atoms with E-state index in [9.17, 15) is 4.39 Å². The summed E-state index contributed by atoms with van der Waals surface area (Å²) in [6.07, 6.45) is 0. The zero-order valence-electron chi connectivity index (χ0n) is 11.0. The number of rotatable bonds is 4. The van der Waals surface area contributed by atoms with Gasteiger partial charge in [0.1, 0.15) is 11.6 Å². The Morgan fingerprint density at radius 1 is 1.10 bits per heavy atom. The van der Waals surface area contributed by atoms with E-state index in [4.69, 9.17) is 14.9 Å². The summed E-state index contributed by atoms with van der Waals surface area (Å²) < 4.78 is 23.9. The summed E-state index contributed by atoms with van der Waals surface area (Å²) in [5.41, 5.74) is 7.05. The van der Waals surface area contributed by atoms with Crippen LogP contribution in [-0.4, -0.2) is 10.2 Å². The molecule has 0 aliphatic carbocycles. The molecule has 5 nitrogen and oxygen atoms in total. The number of benzene rings is 2. The van der Waals surface area contributed by atoms with E-state index < -0.39 is 0 Å². The predicted molar refractivity (Wildman–Crippen MR) is 74.9 cm³/mol. The Balaban J connectivity index is 1.69. The quantitative estimate of drug-likeness (QED) is 0.746. The SMILES string of the molecule is Nc1ccc(-c2nnc(COc3cccc(F)c3)o2)cc1. The molecule has 3 aromatic rings. The van der Waals surface area contributed by atoms with Gasteiger partial charge in [0.2, 0.25) is 5.89 Å². The van der Waals surface area contributed by atoms with Crippen LogP contribution < -0.4 is 10.5 Å². The molecule has 3 rings (SSSR count). The molecule has 0 saturated heterocycles. The molecule has 0 saturated carbocycles. The van der Waals surface area contributed by atoms with Crippen molar-refractivity contribution in [2.24, 2.45) is 0 Å². The third kappa shape index (κ3) is 3.17. The van der Waals surface area contributed by atoms with E-state index in [0.717, 1.165) is 5.56 Å². The van der Waals surface area contributed by atoms with Crippen LogP contribution in [0, 0.1) is 5.82 Å². The number of nitrogens with zero attached hydrogens (tertiary/aromatic N) is 2. The minimum absolute atomic E-state index is 0.0748. The average Bonchev–Trinajstić information content (AvgIpc) is 2.95. The molecule has 0 aliphatic rings. The minimum atomic E-state index is -0.361. The van der Waals surface area contributed by atoms with Crippen molar-refractivity contribution in [2.75, 3.05) is 5.73 Å². The zero-order chi connectivity index (χ0) is 14.7. The summed E-state index contributed by atoms with van der Waals surface area (Å²) in [5, 5.41) is 7.82. The number of hydrogen-bond donors (Lipinski definition) is 1. The molecule has 1 heterocycles. The second kappa shape index (κ2) is 5.62. The van der Waals surface area contributed by atoms with Crippen molar-refractivity contribution in [2.45, 2.75) is 6.61 Å². The third-order valence-corrected chi connectivity index (χ3v) is 2.78. The number of ether oxygens (including phenoxy) is 1. The molecular formula is C15H12FN3O2. The van der Waals surface area contributed by atoms with Crippen LogP contribution in [0.5, 0.6) is 5.75 Å². The Hall–Kier alpha value is -2.89. The zero-order valence-corrected chi connectivity index (χ0v) is 11.0. The molecule has 0 aliphatic heterocycles. The van der Waals surface area contributed by atoms with E-state index >= 15 is 0 Å². The van der Waals surface area contributed by atoms with Gasteiger partial charge in [0, 0.05) is 17.3 Å². The lowest BCUT2D eigenvalue weighted by Crippen LogP contribution is -1.95. The number of nitrogen functional groups attached to an aromatic ring is 1. The third-order valence-electron chi connectivity index (χ3n) is 2.78. The van der Waals surface area contributed by atoms with Crippen molar-refractivity contribution in [3.8, 4) is 17.2 Å². The average molecular weight is 285 g/mol. The second-order valence-electron chi connectivity index (χ2n) is 4.37. The normalized spacial score (nSPS) is 10.5. The Morgan fingerprint density at radius 3 is 2.67 bits per heavy atom. The van der Waals surface area contributed by atoms with Gasteiger partial charge in [-0.2, -0.15) is 0 Å². The number of halogens is 1. The summed E-state index contributed by atoms with van der Waals surface area (Å²) in [7, 11) is 0. The standard InChI is InChI=1S/C15H12FN3O2/c16-11-2-1-3-13(8-11)20-9-14-18-19-15(21-14)10-4-6-12(17)7-5-10/h1-8H,9,17H2. The van der Waals surface area contributed by atoms with Crippen molar-refractivity contribution in [3.63, 3.8) is 0 Å². The molecule has 0 unspecified atom stereocenters. The predicted octanol–water partition coefficient (Wildman–Crippen LogP) is 3.04. The van der Waals surface area contributed by atoms with Gasteiger partial charge in [-0.3, -0.25) is 0 Å². The Bertz CT molecular complexity index is 741. The van der Waals surface area contributed by atoms with Gasteiger partial charge >= 0.3 is 0 Å². The van der Waals surface area contributed by atoms with Gasteiger partial charge in [-0.05, 0) is 36.4 Å². The molecule has 1 aromatic heterocycles. The molecule has 0 fully saturated rings. The summed E-state index contributed by atoms with van der Waals surface area (Å²) in [4.78, 5) is 0. The highest BCUT2D eigenvalue weighted by molar-refractivity contribution is 5.56. The van der Waals surface area contributed by atoms with Crippen molar-refractivity contribution in [3.05, 3.63) is 60.2 Å². The Labute approximate surface area is 120 Å². The molecule has 0 bridgehead atoms. The minimum Gasteiger partial charge on any atom is -0.484 e. The maximum atomic E-state index is 13.0. The lowest BCUT2D eigenvalue weighted by molar-refractivity contribution is 0.263. The fourth-order valence-corrected chi connectivity index (χ4v) is 1.76. The van der Waals surface area contributed by atoms with Crippen LogP contribution in [0.25, 0.3) is 11.5 Å². The van der Waals surface area contributed by atoms with Gasteiger partial charge in [-0.1, -0.05) is 6.07 Å². The summed E-state index contributed by atoms with van der Waals surface area (Å²) >= 11 is 0. The van der Waals surface area contributed by atoms with Crippen LogP contribution in [-0.2, 0) is 6.61 Å². The van der Waals surface area contributed by atoms with Gasteiger partial charge in [0.05, 0.1) is 0 Å². The number of anilines is 1. The maximum Gasteiger partial charge on any atom is 0.254 e. The molecule has 6 heteroatoms. The van der Waals surface area contributed by atoms with Gasteiger partial charge in [-0.25, -0.2) is 4.39 Å². The Kier molecular flexibility index (Phi) is 3.51. The maximum absolute atomic E-state index is 13.0. The van der Waals surface area contributed by atoms with Crippen LogP contribution in [0.15, 0.2) is 52.9 Å². The van der Waals surface area contributed by atoms with Gasteiger partial charge in [-0.15, -0.1) is 10.2 Å². The highest BCUT2D eigenvalue weighted by Crippen LogP contribution is 2.20. The van der Waals surface area contributed by atoms with Crippen LogP contribution >= 0.6 is 0 Å². The molecule has 0 amide bonds. The molecule has 0 radical (unpaired) electrons. The molecule has 21 heavy (non-hydrogen) atoms. The van der Waals surface area contributed by atoms with Crippen LogP contribution in [0.2, 0.25) is 0 Å². The van der Waals surface area contributed by atoms with Gasteiger partial charge < -0.3 is 14.9 Å². The van der Waals surface area contributed by atoms with Crippen molar-refractivity contribution in [1.82, 2.24) is 10.2 Å². The van der Waals surface area contributed by atoms with Crippen molar-refractivity contribution >= 4 is 5.69 Å². The molecular weight excluding hydrogens is 273 g/mol. The smallest absolute Gasteiger partial charge is 0.254 e. The van der Waals surface area contributed by atoms with Crippen LogP contribution in [0.4, 0.5) is 10.1 Å². The topological polar surface area (TPSA) is 74.2 Å². The van der Waals surface area contributed by atoms with Gasteiger partial charge in [0.25, 0.3) is 5.89 Å². The summed E-state index contributed by atoms with van der Waals surface area (Å²) in [5.74, 6) is 0.738. The summed E-state index contributed by atoms with van der Waals surface area (Å²) in [6.45, 7) is 0.0748. The molecule has 106 valence electrons. The molecule has 2 aromatic carbocycles. The van der Waals surface area contributed by atoms with E-state index in [1.54, 1.807) is 36.4 Å². The van der Waals surface area contributed by atoms with Crippen LogP contribution in [0.1, 0.15) is 5.89 Å². The van der Waals surface area contributed by atoms with Crippen LogP contribution in [0.3, 0.4) is 0 Å². The largest absolute Gasteiger partial charge is 0.484 e. The fourth-order valence-electron chi connectivity index (χ4n) is 1.76. The molecule has 0 atom stereocenters. The van der Waals surface area contributed by atoms with Crippen molar-refractivity contribution in [1.29, 1.82) is 0 Å². The van der Waals surface area contributed by atoms with Crippen molar-refractivity contribution < 1.29 is 13.5 Å². The number of hydrogen-bond acceptors (Lipinski definition) is 5. The van der Waals surface area contributed by atoms with E-state index in [2.05, 4.69) is 10.2 Å². The van der Waals surface area contributed by atoms with E-state index in [1.165, 1.54) is 12.1 Å². The first kappa shape index (κ1) is 13.1. The van der Waals surface area contributed by atoms with E-state index in [0.29, 0.717) is 23.2 Å². The highest BCUT2D eigenvalue weighted by atomic mass is 19.1. The molecule has 2 N–H and O–H groups in total. The first-order chi connectivity index (χ1) is 10.2. The fraction of sp³-hybridized carbons (Fsp3) is 0.0667. The highest BCUT2D eigenvalue weighted by Gasteiger charge is 2.09. The first-order valence-electron chi connectivity index (χ1n) is 6.27. The second-order valence-corrected chi connectivity index (χ2v) is 4.37. The number of aromatic nitrogens is 2. The monoisotopic (exact) mass is 285 g/mol. The lowest BCUT2D eigenvalue weighted by Gasteiger charge is -2.02.